The Labute approximate surface area is 122 Å². The highest BCUT2D eigenvalue weighted by molar-refractivity contribution is 5.91. The average Bonchev–Trinajstić information content (AvgIpc) is 2.49. The molecule has 0 aliphatic carbocycles. The Balaban J connectivity index is 1.79. The molecular weight excluding hydrogens is 270 g/mol. The van der Waals surface area contributed by atoms with Crippen molar-refractivity contribution in [3.8, 4) is 11.5 Å². The van der Waals surface area contributed by atoms with E-state index in [0.29, 0.717) is 13.2 Å². The topological polar surface area (TPSA) is 78.8 Å². The number of carboxylic acids is 1. The Kier molecular flexibility index (Phi) is 5.17. The first kappa shape index (κ1) is 14.9. The molecule has 0 aliphatic rings. The van der Waals surface area contributed by atoms with Gasteiger partial charge >= 0.3 is 5.97 Å². The van der Waals surface area contributed by atoms with E-state index in [1.807, 2.05) is 30.3 Å². The van der Waals surface area contributed by atoms with Crippen molar-refractivity contribution in [3.05, 3.63) is 59.7 Å². The van der Waals surface area contributed by atoms with Crippen LogP contribution in [0.3, 0.4) is 0 Å². The van der Waals surface area contributed by atoms with Gasteiger partial charge in [0, 0.05) is 13.1 Å². The molecule has 5 heteroatoms. The average molecular weight is 287 g/mol. The van der Waals surface area contributed by atoms with E-state index in [-0.39, 0.29) is 17.1 Å². The number of aromatic hydroxyl groups is 1. The van der Waals surface area contributed by atoms with Gasteiger partial charge in [-0.3, -0.25) is 0 Å². The lowest BCUT2D eigenvalue weighted by Gasteiger charge is -2.10. The maximum atomic E-state index is 10.9. The van der Waals surface area contributed by atoms with E-state index in [1.165, 1.54) is 17.7 Å². The third-order valence-corrected chi connectivity index (χ3v) is 2.94. The Morgan fingerprint density at radius 3 is 2.57 bits per heavy atom. The number of nitrogens with one attached hydrogen (secondary N) is 1. The number of phenols is 1. The Morgan fingerprint density at radius 2 is 1.86 bits per heavy atom. The first-order valence-corrected chi connectivity index (χ1v) is 6.61. The molecular formula is C16H17NO4. The van der Waals surface area contributed by atoms with Gasteiger partial charge in [-0.15, -0.1) is 0 Å². The molecule has 21 heavy (non-hydrogen) atoms. The SMILES string of the molecule is O=C(O)c1cccc(OCCNCc2ccccc2)c1O. The Bertz CT molecular complexity index is 598. The lowest BCUT2D eigenvalue weighted by Crippen LogP contribution is -2.20. The highest BCUT2D eigenvalue weighted by Gasteiger charge is 2.13. The van der Waals surface area contributed by atoms with Crippen molar-refractivity contribution >= 4 is 5.97 Å². The summed E-state index contributed by atoms with van der Waals surface area (Å²) in [6, 6.07) is 14.4. The van der Waals surface area contributed by atoms with Gasteiger partial charge in [0.05, 0.1) is 0 Å². The van der Waals surface area contributed by atoms with Gasteiger partial charge in [0.1, 0.15) is 12.2 Å². The first-order chi connectivity index (χ1) is 10.2. The molecule has 0 aliphatic heterocycles. The molecule has 0 heterocycles. The monoisotopic (exact) mass is 287 g/mol. The van der Waals surface area contributed by atoms with Crippen LogP contribution in [0.25, 0.3) is 0 Å². The molecule has 110 valence electrons. The van der Waals surface area contributed by atoms with Gasteiger partial charge in [0.15, 0.2) is 11.5 Å². The summed E-state index contributed by atoms with van der Waals surface area (Å²) in [6.07, 6.45) is 0. The highest BCUT2D eigenvalue weighted by atomic mass is 16.5. The number of benzene rings is 2. The van der Waals surface area contributed by atoms with Crippen molar-refractivity contribution < 1.29 is 19.7 Å². The number of hydrogen-bond acceptors (Lipinski definition) is 4. The lowest BCUT2D eigenvalue weighted by atomic mass is 10.2. The van der Waals surface area contributed by atoms with Crippen LogP contribution in [0.2, 0.25) is 0 Å². The van der Waals surface area contributed by atoms with Crippen LogP contribution in [-0.4, -0.2) is 29.3 Å². The molecule has 0 fully saturated rings. The van der Waals surface area contributed by atoms with Crippen LogP contribution >= 0.6 is 0 Å². The van der Waals surface area contributed by atoms with Gasteiger partial charge in [0.2, 0.25) is 0 Å². The molecule has 0 bridgehead atoms. The summed E-state index contributed by atoms with van der Waals surface area (Å²) in [5, 5.41) is 21.9. The molecule has 5 nitrogen and oxygen atoms in total. The fraction of sp³-hybridized carbons (Fsp3) is 0.188. The molecule has 0 atom stereocenters. The molecule has 0 saturated carbocycles. The Morgan fingerprint density at radius 1 is 1.10 bits per heavy atom. The standard InChI is InChI=1S/C16H17NO4/c18-15-13(16(19)20)7-4-8-14(15)21-10-9-17-11-12-5-2-1-3-6-12/h1-8,17-18H,9-11H2,(H,19,20). The van der Waals surface area contributed by atoms with Gasteiger partial charge in [-0.05, 0) is 17.7 Å². The maximum absolute atomic E-state index is 10.9. The predicted octanol–water partition coefficient (Wildman–Crippen LogP) is 2.26. The van der Waals surface area contributed by atoms with E-state index >= 15 is 0 Å². The Hall–Kier alpha value is -2.53. The van der Waals surface area contributed by atoms with E-state index in [4.69, 9.17) is 9.84 Å². The van der Waals surface area contributed by atoms with E-state index in [2.05, 4.69) is 5.32 Å². The summed E-state index contributed by atoms with van der Waals surface area (Å²) < 4.78 is 5.39. The summed E-state index contributed by atoms with van der Waals surface area (Å²) >= 11 is 0. The second kappa shape index (κ2) is 7.31. The van der Waals surface area contributed by atoms with Gasteiger partial charge in [-0.25, -0.2) is 4.79 Å². The van der Waals surface area contributed by atoms with E-state index in [0.717, 1.165) is 6.54 Å². The zero-order valence-corrected chi connectivity index (χ0v) is 11.5. The van der Waals surface area contributed by atoms with Crippen LogP contribution < -0.4 is 10.1 Å². The number of rotatable bonds is 7. The third kappa shape index (κ3) is 4.22. The zero-order chi connectivity index (χ0) is 15.1. The van der Waals surface area contributed by atoms with E-state index < -0.39 is 5.97 Å². The predicted molar refractivity (Wildman–Crippen MR) is 78.7 cm³/mol. The summed E-state index contributed by atoms with van der Waals surface area (Å²) in [6.45, 7) is 1.65. The molecule has 0 aromatic heterocycles. The molecule has 0 saturated heterocycles. The second-order valence-corrected chi connectivity index (χ2v) is 4.47. The molecule has 0 spiro atoms. The summed E-state index contributed by atoms with van der Waals surface area (Å²) in [4.78, 5) is 10.9. The van der Waals surface area contributed by atoms with Crippen molar-refractivity contribution in [1.29, 1.82) is 0 Å². The van der Waals surface area contributed by atoms with Gasteiger partial charge in [-0.1, -0.05) is 36.4 Å². The summed E-state index contributed by atoms with van der Waals surface area (Å²) in [5.74, 6) is -1.34. The van der Waals surface area contributed by atoms with E-state index in [9.17, 15) is 9.90 Å². The fourth-order valence-electron chi connectivity index (χ4n) is 1.87. The van der Waals surface area contributed by atoms with Crippen LogP contribution in [0.15, 0.2) is 48.5 Å². The molecule has 0 radical (unpaired) electrons. The number of hydrogen-bond donors (Lipinski definition) is 3. The minimum atomic E-state index is -1.18. The number of aromatic carboxylic acids is 1. The van der Waals surface area contributed by atoms with Crippen LogP contribution in [-0.2, 0) is 6.54 Å². The summed E-state index contributed by atoms with van der Waals surface area (Å²) in [7, 11) is 0. The maximum Gasteiger partial charge on any atom is 0.339 e. The molecule has 2 aromatic carbocycles. The number of carboxylic acid groups (broad SMARTS) is 1. The largest absolute Gasteiger partial charge is 0.504 e. The van der Waals surface area contributed by atoms with Crippen molar-refractivity contribution in [2.45, 2.75) is 6.54 Å². The lowest BCUT2D eigenvalue weighted by molar-refractivity contribution is 0.0693. The van der Waals surface area contributed by atoms with Crippen LogP contribution in [0.5, 0.6) is 11.5 Å². The minimum Gasteiger partial charge on any atom is -0.504 e. The third-order valence-electron chi connectivity index (χ3n) is 2.94. The van der Waals surface area contributed by atoms with Crippen LogP contribution in [0.4, 0.5) is 0 Å². The zero-order valence-electron chi connectivity index (χ0n) is 11.5. The second-order valence-electron chi connectivity index (χ2n) is 4.47. The number of para-hydroxylation sites is 1. The van der Waals surface area contributed by atoms with Gasteiger partial charge < -0.3 is 20.3 Å². The smallest absolute Gasteiger partial charge is 0.339 e. The molecule has 3 N–H and O–H groups in total. The molecule has 2 aromatic rings. The van der Waals surface area contributed by atoms with E-state index in [1.54, 1.807) is 6.07 Å². The van der Waals surface area contributed by atoms with Gasteiger partial charge in [0.25, 0.3) is 0 Å². The number of carbonyl (C=O) groups is 1. The minimum absolute atomic E-state index is 0.162. The van der Waals surface area contributed by atoms with Crippen LogP contribution in [0.1, 0.15) is 15.9 Å². The quantitative estimate of drug-likeness (QED) is 0.681. The highest BCUT2D eigenvalue weighted by Crippen LogP contribution is 2.29. The molecule has 0 amide bonds. The fourth-order valence-corrected chi connectivity index (χ4v) is 1.87. The molecule has 2 rings (SSSR count). The normalized spacial score (nSPS) is 10.3. The van der Waals surface area contributed by atoms with Crippen molar-refractivity contribution in [2.24, 2.45) is 0 Å². The molecule has 0 unspecified atom stereocenters. The van der Waals surface area contributed by atoms with Gasteiger partial charge in [-0.2, -0.15) is 0 Å². The van der Waals surface area contributed by atoms with Crippen LogP contribution in [0, 0.1) is 0 Å². The number of ether oxygens (including phenoxy) is 1. The van der Waals surface area contributed by atoms with Crippen molar-refractivity contribution in [3.63, 3.8) is 0 Å². The summed E-state index contributed by atoms with van der Waals surface area (Å²) in [5.41, 5.74) is 1.01. The first-order valence-electron chi connectivity index (χ1n) is 6.61. The van der Waals surface area contributed by atoms with Crippen molar-refractivity contribution in [2.75, 3.05) is 13.2 Å². The van der Waals surface area contributed by atoms with Crippen molar-refractivity contribution in [1.82, 2.24) is 5.32 Å².